The van der Waals surface area contributed by atoms with Crippen molar-refractivity contribution in [2.45, 2.75) is 96.8 Å². The maximum atomic E-state index is 11.9. The van der Waals surface area contributed by atoms with Crippen molar-refractivity contribution in [3.63, 3.8) is 0 Å². The molecule has 2 N–H and O–H groups in total. The number of nitrogens with zero attached hydrogens (tertiary/aromatic N) is 2. The maximum absolute atomic E-state index is 11.9. The first kappa shape index (κ1) is 27.6. The highest BCUT2D eigenvalue weighted by atomic mass is 16.2. The molecule has 0 rings (SSSR count). The molecule has 0 aromatic carbocycles. The Morgan fingerprint density at radius 1 is 0.724 bits per heavy atom. The molecule has 0 aliphatic heterocycles. The van der Waals surface area contributed by atoms with Crippen LogP contribution in [0.2, 0.25) is 0 Å². The van der Waals surface area contributed by atoms with Gasteiger partial charge >= 0.3 is 0 Å². The number of hydrogen-bond donors (Lipinski definition) is 1. The first-order valence-corrected chi connectivity index (χ1v) is 11.8. The summed E-state index contributed by atoms with van der Waals surface area (Å²) in [6, 6.07) is 0. The van der Waals surface area contributed by atoms with Crippen molar-refractivity contribution in [3.05, 3.63) is 12.2 Å². The van der Waals surface area contributed by atoms with Crippen LogP contribution in [0.15, 0.2) is 12.2 Å². The molecule has 5 heteroatoms. The van der Waals surface area contributed by atoms with Crippen LogP contribution >= 0.6 is 0 Å². The van der Waals surface area contributed by atoms with Crippen molar-refractivity contribution in [2.24, 2.45) is 5.73 Å². The van der Waals surface area contributed by atoms with E-state index < -0.39 is 5.91 Å². The molecule has 0 radical (unpaired) electrons. The molecule has 2 amide bonds. The van der Waals surface area contributed by atoms with Gasteiger partial charge in [0.1, 0.15) is 0 Å². The van der Waals surface area contributed by atoms with Crippen molar-refractivity contribution in [1.29, 1.82) is 0 Å². The van der Waals surface area contributed by atoms with Gasteiger partial charge in [-0.2, -0.15) is 0 Å². The fraction of sp³-hybridized carbons (Fsp3) is 0.833. The van der Waals surface area contributed by atoms with Gasteiger partial charge in [-0.05, 0) is 45.7 Å². The number of carbonyl (C=O) groups excluding carboxylic acids is 2. The predicted molar refractivity (Wildman–Crippen MR) is 124 cm³/mol. The van der Waals surface area contributed by atoms with Crippen LogP contribution in [-0.4, -0.2) is 55.3 Å². The third-order valence-electron chi connectivity index (χ3n) is 5.28. The van der Waals surface area contributed by atoms with Crippen LogP contribution in [0.5, 0.6) is 0 Å². The summed E-state index contributed by atoms with van der Waals surface area (Å²) in [4.78, 5) is 26.2. The largest absolute Gasteiger partial charge is 0.368 e. The quantitative estimate of drug-likeness (QED) is 0.230. The summed E-state index contributed by atoms with van der Waals surface area (Å²) in [6.07, 6.45) is 23.0. The zero-order valence-corrected chi connectivity index (χ0v) is 19.5. The fourth-order valence-corrected chi connectivity index (χ4v) is 3.38. The van der Waals surface area contributed by atoms with Gasteiger partial charge < -0.3 is 10.6 Å². The van der Waals surface area contributed by atoms with E-state index in [-0.39, 0.29) is 12.5 Å². The van der Waals surface area contributed by atoms with Gasteiger partial charge in [0, 0.05) is 7.05 Å². The fourth-order valence-electron chi connectivity index (χ4n) is 3.38. The molecule has 0 heterocycles. The molecule has 0 fully saturated rings. The summed E-state index contributed by atoms with van der Waals surface area (Å²) in [5.41, 5.74) is 5.11. The van der Waals surface area contributed by atoms with Gasteiger partial charge in [0.25, 0.3) is 0 Å². The standard InChI is InChI=1S/C24H47N3O2/c1-4-5-6-7-8-9-10-11-12-13-14-15-16-17-18-19-20-26(2)22-24(29)27(3)21-23(25)28/h11-12H,4-10,13-22H2,1-3H3,(H2,25,28)/b12-11-. The molecule has 0 aromatic heterocycles. The van der Waals surface area contributed by atoms with E-state index in [0.717, 1.165) is 13.0 Å². The number of carbonyl (C=O) groups is 2. The number of rotatable bonds is 20. The number of hydrogen-bond acceptors (Lipinski definition) is 3. The van der Waals surface area contributed by atoms with Gasteiger partial charge in [-0.3, -0.25) is 14.5 Å². The van der Waals surface area contributed by atoms with Crippen molar-refractivity contribution < 1.29 is 9.59 Å². The first-order valence-electron chi connectivity index (χ1n) is 11.8. The number of likely N-dealkylation sites (N-methyl/N-ethyl adjacent to an activating group) is 2. The van der Waals surface area contributed by atoms with Crippen LogP contribution in [0.4, 0.5) is 0 Å². The average Bonchev–Trinajstić information content (AvgIpc) is 2.67. The molecule has 0 aliphatic carbocycles. The molecule has 0 bridgehead atoms. The number of unbranched alkanes of at least 4 members (excludes halogenated alkanes) is 12. The Bertz CT molecular complexity index is 438. The lowest BCUT2D eigenvalue weighted by Crippen LogP contribution is -2.41. The molecule has 0 unspecified atom stereocenters. The first-order chi connectivity index (χ1) is 14.0. The highest BCUT2D eigenvalue weighted by Gasteiger charge is 2.12. The van der Waals surface area contributed by atoms with E-state index in [1.807, 2.05) is 11.9 Å². The van der Waals surface area contributed by atoms with Crippen LogP contribution in [-0.2, 0) is 9.59 Å². The number of nitrogens with two attached hydrogens (primary N) is 1. The van der Waals surface area contributed by atoms with E-state index in [1.165, 1.54) is 88.4 Å². The minimum Gasteiger partial charge on any atom is -0.368 e. The summed E-state index contributed by atoms with van der Waals surface area (Å²) in [6.45, 7) is 3.51. The van der Waals surface area contributed by atoms with Crippen LogP contribution < -0.4 is 5.73 Å². The maximum Gasteiger partial charge on any atom is 0.237 e. The lowest BCUT2D eigenvalue weighted by atomic mass is 10.1. The second-order valence-corrected chi connectivity index (χ2v) is 8.39. The second kappa shape index (κ2) is 19.9. The molecule has 0 saturated heterocycles. The smallest absolute Gasteiger partial charge is 0.237 e. The Labute approximate surface area is 180 Å². The third-order valence-corrected chi connectivity index (χ3v) is 5.28. The van der Waals surface area contributed by atoms with Gasteiger partial charge in [-0.1, -0.05) is 76.9 Å². The molecular weight excluding hydrogens is 362 g/mol. The van der Waals surface area contributed by atoms with E-state index in [9.17, 15) is 9.59 Å². The summed E-state index contributed by atoms with van der Waals surface area (Å²) in [5.74, 6) is -0.535. The Kier molecular flexibility index (Phi) is 19.0. The lowest BCUT2D eigenvalue weighted by molar-refractivity contribution is -0.134. The summed E-state index contributed by atoms with van der Waals surface area (Å²) in [7, 11) is 3.57. The molecule has 0 saturated carbocycles. The van der Waals surface area contributed by atoms with Gasteiger partial charge in [-0.25, -0.2) is 0 Å². The van der Waals surface area contributed by atoms with Crippen molar-refractivity contribution in [3.8, 4) is 0 Å². The molecule has 0 aromatic rings. The molecule has 0 atom stereocenters. The van der Waals surface area contributed by atoms with Crippen molar-refractivity contribution in [1.82, 2.24) is 9.80 Å². The minimum atomic E-state index is -0.475. The molecular formula is C24H47N3O2. The number of primary amides is 1. The molecule has 0 spiro atoms. The summed E-state index contributed by atoms with van der Waals surface area (Å²) in [5, 5.41) is 0. The van der Waals surface area contributed by atoms with E-state index in [2.05, 4.69) is 19.1 Å². The lowest BCUT2D eigenvalue weighted by Gasteiger charge is -2.20. The Morgan fingerprint density at radius 2 is 1.21 bits per heavy atom. The number of amides is 2. The highest BCUT2D eigenvalue weighted by molar-refractivity contribution is 5.84. The normalized spacial score (nSPS) is 11.4. The zero-order valence-electron chi connectivity index (χ0n) is 19.5. The second-order valence-electron chi connectivity index (χ2n) is 8.39. The van der Waals surface area contributed by atoms with Crippen molar-refractivity contribution >= 4 is 11.8 Å². The molecule has 29 heavy (non-hydrogen) atoms. The van der Waals surface area contributed by atoms with Crippen LogP contribution in [0.25, 0.3) is 0 Å². The molecule has 0 aliphatic rings. The van der Waals surface area contributed by atoms with E-state index in [0.29, 0.717) is 6.54 Å². The summed E-state index contributed by atoms with van der Waals surface area (Å²) >= 11 is 0. The van der Waals surface area contributed by atoms with E-state index >= 15 is 0 Å². The predicted octanol–water partition coefficient (Wildman–Crippen LogP) is 4.90. The molecule has 5 nitrogen and oxygen atoms in total. The van der Waals surface area contributed by atoms with E-state index in [1.54, 1.807) is 7.05 Å². The zero-order chi connectivity index (χ0) is 21.7. The summed E-state index contributed by atoms with van der Waals surface area (Å²) < 4.78 is 0. The topological polar surface area (TPSA) is 66.6 Å². The van der Waals surface area contributed by atoms with Gasteiger partial charge in [0.2, 0.25) is 11.8 Å². The molecule has 170 valence electrons. The van der Waals surface area contributed by atoms with Gasteiger partial charge in [0.15, 0.2) is 0 Å². The third kappa shape index (κ3) is 19.7. The average molecular weight is 410 g/mol. The minimum absolute atomic E-state index is 0.0130. The van der Waals surface area contributed by atoms with Gasteiger partial charge in [-0.15, -0.1) is 0 Å². The Hall–Kier alpha value is -1.36. The van der Waals surface area contributed by atoms with Gasteiger partial charge in [0.05, 0.1) is 13.1 Å². The monoisotopic (exact) mass is 409 g/mol. The Morgan fingerprint density at radius 3 is 1.72 bits per heavy atom. The SMILES string of the molecule is CCCCCCCC/C=C\CCCCCCCCN(C)CC(=O)N(C)CC(N)=O. The van der Waals surface area contributed by atoms with Crippen LogP contribution in [0, 0.1) is 0 Å². The van der Waals surface area contributed by atoms with Crippen LogP contribution in [0.3, 0.4) is 0 Å². The highest BCUT2D eigenvalue weighted by Crippen LogP contribution is 2.10. The van der Waals surface area contributed by atoms with Crippen molar-refractivity contribution in [2.75, 3.05) is 33.7 Å². The van der Waals surface area contributed by atoms with E-state index in [4.69, 9.17) is 5.73 Å². The Balaban J connectivity index is 3.41. The number of allylic oxidation sites excluding steroid dienone is 2. The van der Waals surface area contributed by atoms with Crippen LogP contribution in [0.1, 0.15) is 96.8 Å².